The molecule has 1 amide bonds. The van der Waals surface area contributed by atoms with Crippen LogP contribution in [0.2, 0.25) is 0 Å². The smallest absolute Gasteiger partial charge is 0.257 e. The number of carbonyl (C=O) groups excluding carboxylic acids is 1. The highest BCUT2D eigenvalue weighted by molar-refractivity contribution is 5.96. The van der Waals surface area contributed by atoms with Crippen LogP contribution < -0.4 is 4.74 Å². The molecule has 0 spiro atoms. The largest absolute Gasteiger partial charge is 0.497 e. The number of rotatable bonds is 8. The van der Waals surface area contributed by atoms with Gasteiger partial charge in [-0.3, -0.25) is 19.5 Å². The van der Waals surface area contributed by atoms with E-state index in [1.165, 1.54) is 24.0 Å². The lowest BCUT2D eigenvalue weighted by atomic mass is 9.80. The second-order valence-corrected chi connectivity index (χ2v) is 14.1. The minimum absolute atomic E-state index is 0.0836. The molecule has 8 heteroatoms. The quantitative estimate of drug-likeness (QED) is 0.316. The van der Waals surface area contributed by atoms with E-state index in [2.05, 4.69) is 93.1 Å². The molecule has 8 nitrogen and oxygen atoms in total. The van der Waals surface area contributed by atoms with Crippen LogP contribution in [0.15, 0.2) is 60.9 Å². The number of likely N-dealkylation sites (tertiary alicyclic amines) is 2. The Balaban J connectivity index is 1.07. The van der Waals surface area contributed by atoms with Gasteiger partial charge >= 0.3 is 0 Å². The van der Waals surface area contributed by atoms with E-state index in [4.69, 9.17) is 4.74 Å². The molecule has 0 radical (unpaired) electrons. The molecule has 2 aromatic carbocycles. The fraction of sp³-hybridized carbons (Fsp3) is 0.553. The lowest BCUT2D eigenvalue weighted by Crippen LogP contribution is -2.58. The molecule has 2 atom stereocenters. The number of methoxy groups -OCH3 is 1. The number of amides is 1. The van der Waals surface area contributed by atoms with Crippen molar-refractivity contribution in [3.8, 4) is 5.75 Å². The molecule has 46 heavy (non-hydrogen) atoms. The van der Waals surface area contributed by atoms with Crippen LogP contribution in [0.25, 0.3) is 0 Å². The fourth-order valence-corrected chi connectivity index (χ4v) is 8.30. The first-order chi connectivity index (χ1) is 22.3. The maximum Gasteiger partial charge on any atom is 0.257 e. The van der Waals surface area contributed by atoms with Crippen LogP contribution in [0.4, 0.5) is 0 Å². The number of aromatic nitrogens is 2. The van der Waals surface area contributed by atoms with E-state index in [0.717, 1.165) is 82.3 Å². The fourth-order valence-electron chi connectivity index (χ4n) is 8.30. The average Bonchev–Trinajstić information content (AvgIpc) is 3.07. The van der Waals surface area contributed by atoms with Gasteiger partial charge in [0, 0.05) is 56.9 Å². The van der Waals surface area contributed by atoms with Gasteiger partial charge in [-0.15, -0.1) is 0 Å². The number of nitrogens with zero attached hydrogens (tertiary/aromatic N) is 6. The SMILES string of the molecule is COc1ccc(CN2CCN([C@H](c3ccccc3)C3CCN(C4(C)CCN(C(=O)c5c(C)ncnc5C)CC4)CC3)[C@@H](C)C2)cc1. The zero-order valence-electron chi connectivity index (χ0n) is 28.5. The normalized spacial score (nSPS) is 22.5. The topological polar surface area (TPSA) is 65.0 Å². The highest BCUT2D eigenvalue weighted by Gasteiger charge is 2.42. The Morgan fingerprint density at radius 1 is 0.913 bits per heavy atom. The van der Waals surface area contributed by atoms with Gasteiger partial charge in [-0.05, 0) is 95.6 Å². The Kier molecular flexibility index (Phi) is 10.1. The van der Waals surface area contributed by atoms with E-state index in [1.807, 2.05) is 18.7 Å². The summed E-state index contributed by atoms with van der Waals surface area (Å²) in [6, 6.07) is 20.7. The summed E-state index contributed by atoms with van der Waals surface area (Å²) in [5.41, 5.74) is 5.15. The van der Waals surface area contributed by atoms with Crippen LogP contribution in [0, 0.1) is 19.8 Å². The van der Waals surface area contributed by atoms with E-state index in [0.29, 0.717) is 23.6 Å². The second kappa shape index (κ2) is 14.2. The van der Waals surface area contributed by atoms with Crippen LogP contribution >= 0.6 is 0 Å². The van der Waals surface area contributed by atoms with E-state index in [9.17, 15) is 4.79 Å². The van der Waals surface area contributed by atoms with Crippen molar-refractivity contribution in [3.63, 3.8) is 0 Å². The first kappa shape index (κ1) is 32.6. The third-order valence-electron chi connectivity index (χ3n) is 11.1. The molecule has 3 aliphatic rings. The molecule has 3 fully saturated rings. The zero-order chi connectivity index (χ0) is 32.3. The molecule has 1 aromatic heterocycles. The standard InChI is InChI=1S/C38H52N6O2/c1-28-25-41(26-31-11-13-34(46-5)14-12-31)23-24-44(28)36(32-9-7-6-8-10-32)33-15-19-43(20-16-33)38(4)17-21-42(22-18-38)37(45)35-29(2)39-27-40-30(35)3/h6-14,27-28,33,36H,15-26H2,1-5H3/t28-,36+/m0/s1. The Morgan fingerprint density at radius 3 is 2.17 bits per heavy atom. The number of benzene rings is 2. The number of hydrogen-bond donors (Lipinski definition) is 0. The molecule has 0 saturated carbocycles. The number of carbonyl (C=O) groups is 1. The molecule has 3 aliphatic heterocycles. The maximum atomic E-state index is 13.4. The predicted molar refractivity (Wildman–Crippen MR) is 183 cm³/mol. The molecule has 0 N–H and O–H groups in total. The summed E-state index contributed by atoms with van der Waals surface area (Å²) in [4.78, 5) is 32.2. The molecule has 3 saturated heterocycles. The van der Waals surface area contributed by atoms with Gasteiger partial charge < -0.3 is 9.64 Å². The molecule has 4 heterocycles. The highest BCUT2D eigenvalue weighted by Crippen LogP contribution is 2.40. The van der Waals surface area contributed by atoms with Crippen LogP contribution in [-0.2, 0) is 6.54 Å². The minimum Gasteiger partial charge on any atom is -0.497 e. The summed E-state index contributed by atoms with van der Waals surface area (Å²) in [5.74, 6) is 1.63. The molecule has 246 valence electrons. The molecule has 0 bridgehead atoms. The number of hydrogen-bond acceptors (Lipinski definition) is 7. The summed E-state index contributed by atoms with van der Waals surface area (Å²) in [6.07, 6.45) is 5.97. The number of piperidine rings is 2. The summed E-state index contributed by atoms with van der Waals surface area (Å²) >= 11 is 0. The van der Waals surface area contributed by atoms with E-state index in [-0.39, 0.29) is 11.4 Å². The third-order valence-corrected chi connectivity index (χ3v) is 11.1. The van der Waals surface area contributed by atoms with Gasteiger partial charge in [0.1, 0.15) is 12.1 Å². The Hall–Kier alpha value is -3.33. The van der Waals surface area contributed by atoms with Crippen LogP contribution in [-0.4, -0.2) is 100.0 Å². The molecule has 6 rings (SSSR count). The first-order valence-corrected chi connectivity index (χ1v) is 17.2. The highest BCUT2D eigenvalue weighted by atomic mass is 16.5. The molecular weight excluding hydrogens is 572 g/mol. The lowest BCUT2D eigenvalue weighted by Gasteiger charge is -2.52. The van der Waals surface area contributed by atoms with Gasteiger partial charge in [0.2, 0.25) is 0 Å². The summed E-state index contributed by atoms with van der Waals surface area (Å²) < 4.78 is 5.36. The first-order valence-electron chi connectivity index (χ1n) is 17.2. The molecule has 0 aliphatic carbocycles. The number of piperazine rings is 1. The van der Waals surface area contributed by atoms with Gasteiger partial charge in [0.25, 0.3) is 5.91 Å². The third kappa shape index (κ3) is 6.99. The van der Waals surface area contributed by atoms with E-state index in [1.54, 1.807) is 13.4 Å². The zero-order valence-corrected chi connectivity index (χ0v) is 28.5. The van der Waals surface area contributed by atoms with Crippen molar-refractivity contribution in [1.82, 2.24) is 29.6 Å². The Bertz CT molecular complexity index is 1430. The summed E-state index contributed by atoms with van der Waals surface area (Å²) in [7, 11) is 1.72. The van der Waals surface area contributed by atoms with Crippen LogP contribution in [0.5, 0.6) is 5.75 Å². The minimum atomic E-state index is 0.0836. The molecular formula is C38H52N6O2. The van der Waals surface area contributed by atoms with Crippen molar-refractivity contribution in [1.29, 1.82) is 0 Å². The van der Waals surface area contributed by atoms with Crippen LogP contribution in [0.3, 0.4) is 0 Å². The predicted octanol–water partition coefficient (Wildman–Crippen LogP) is 5.76. The van der Waals surface area contributed by atoms with E-state index < -0.39 is 0 Å². The van der Waals surface area contributed by atoms with Gasteiger partial charge in [-0.2, -0.15) is 0 Å². The van der Waals surface area contributed by atoms with Crippen molar-refractivity contribution in [2.75, 3.05) is 52.9 Å². The summed E-state index contributed by atoms with van der Waals surface area (Å²) in [5, 5.41) is 0. The van der Waals surface area contributed by atoms with E-state index >= 15 is 0 Å². The van der Waals surface area contributed by atoms with Crippen LogP contribution in [0.1, 0.15) is 78.4 Å². The Labute approximate surface area is 275 Å². The second-order valence-electron chi connectivity index (χ2n) is 14.1. The maximum absolute atomic E-state index is 13.4. The van der Waals surface area contributed by atoms with Crippen molar-refractivity contribution < 1.29 is 9.53 Å². The van der Waals surface area contributed by atoms with Gasteiger partial charge in [-0.1, -0.05) is 42.5 Å². The summed E-state index contributed by atoms with van der Waals surface area (Å²) in [6.45, 7) is 16.7. The molecule has 3 aromatic rings. The van der Waals surface area contributed by atoms with Crippen molar-refractivity contribution in [3.05, 3.63) is 89.0 Å². The Morgan fingerprint density at radius 2 is 1.57 bits per heavy atom. The van der Waals surface area contributed by atoms with Gasteiger partial charge in [-0.25, -0.2) is 9.97 Å². The molecule has 0 unspecified atom stereocenters. The van der Waals surface area contributed by atoms with Crippen molar-refractivity contribution >= 4 is 5.91 Å². The van der Waals surface area contributed by atoms with Gasteiger partial charge in [0.05, 0.1) is 24.1 Å². The number of aryl methyl sites for hydroxylation is 2. The van der Waals surface area contributed by atoms with Gasteiger partial charge in [0.15, 0.2) is 0 Å². The average molecular weight is 625 g/mol. The monoisotopic (exact) mass is 624 g/mol. The number of ether oxygens (including phenoxy) is 1. The van der Waals surface area contributed by atoms with Crippen molar-refractivity contribution in [2.24, 2.45) is 5.92 Å². The van der Waals surface area contributed by atoms with Crippen molar-refractivity contribution in [2.45, 2.75) is 77.5 Å². The lowest BCUT2D eigenvalue weighted by molar-refractivity contribution is -0.0209.